The lowest BCUT2D eigenvalue weighted by Gasteiger charge is -2.43. The molecule has 3 fully saturated rings. The number of rotatable bonds is 3. The number of aromatic amines is 1. The van der Waals surface area contributed by atoms with Crippen LogP contribution in [0, 0.1) is 17.2 Å². The molecule has 2 aliphatic carbocycles. The Morgan fingerprint density at radius 3 is 2.73 bits per heavy atom. The second-order valence-electron chi connectivity index (χ2n) is 8.14. The number of carbonyl (C=O) groups is 2. The molecule has 10 nitrogen and oxygen atoms in total. The lowest BCUT2D eigenvalue weighted by atomic mass is 10.1. The van der Waals surface area contributed by atoms with Gasteiger partial charge in [0.2, 0.25) is 5.91 Å². The highest BCUT2D eigenvalue weighted by Crippen LogP contribution is 2.47. The zero-order valence-electron chi connectivity index (χ0n) is 16.9. The minimum Gasteiger partial charge on any atom is -0.465 e. The van der Waals surface area contributed by atoms with E-state index in [2.05, 4.69) is 24.8 Å². The van der Waals surface area contributed by atoms with Crippen LogP contribution in [-0.4, -0.2) is 80.6 Å². The number of nitrogens with zero attached hydrogens (tertiary/aromatic N) is 6. The van der Waals surface area contributed by atoms with Crippen molar-refractivity contribution in [3.05, 3.63) is 18.6 Å². The van der Waals surface area contributed by atoms with Gasteiger partial charge in [-0.1, -0.05) is 0 Å². The molecule has 10 heteroatoms. The molecule has 158 valence electrons. The monoisotopic (exact) mass is 411 g/mol. The Kier molecular flexibility index (Phi) is 5.20. The molecule has 1 saturated heterocycles. The van der Waals surface area contributed by atoms with Crippen molar-refractivity contribution in [1.29, 1.82) is 5.26 Å². The normalized spacial score (nSPS) is 19.1. The van der Waals surface area contributed by atoms with Gasteiger partial charge in [-0.2, -0.15) is 5.26 Å². The molecule has 3 heterocycles. The molecule has 3 aliphatic rings. The van der Waals surface area contributed by atoms with E-state index in [4.69, 9.17) is 10.4 Å². The molecule has 5 rings (SSSR count). The number of anilines is 1. The molecule has 1 spiro atoms. The van der Waals surface area contributed by atoms with Crippen LogP contribution < -0.4 is 4.90 Å². The number of amides is 2. The molecule has 2 amide bonds. The van der Waals surface area contributed by atoms with Gasteiger partial charge in [0, 0.05) is 38.8 Å². The van der Waals surface area contributed by atoms with Gasteiger partial charge in [0.25, 0.3) is 0 Å². The standard InChI is InChI=1S/C16H19N5O.C4H6N2O2/c22-15(11-1-2-11)21-8-7-20(9-16(21)4-5-16)14-12-3-6-17-13(12)18-10-19-14;1-6(3-2-5)4(7)8/h3,6,10-11H,1-2,4-5,7-9H2,(H,17,18,19);3H2,1H3,(H,7,8). The Balaban J connectivity index is 0.000000235. The van der Waals surface area contributed by atoms with E-state index in [0.717, 1.165) is 67.1 Å². The third-order valence-corrected chi connectivity index (χ3v) is 5.94. The molecular weight excluding hydrogens is 386 g/mol. The quantitative estimate of drug-likeness (QED) is 0.735. The van der Waals surface area contributed by atoms with Crippen LogP contribution in [0.15, 0.2) is 18.6 Å². The molecule has 2 aromatic heterocycles. The number of aromatic nitrogens is 3. The summed E-state index contributed by atoms with van der Waals surface area (Å²) >= 11 is 0. The van der Waals surface area contributed by atoms with Gasteiger partial charge in [-0.05, 0) is 31.7 Å². The molecule has 2 aromatic rings. The summed E-state index contributed by atoms with van der Waals surface area (Å²) in [6, 6.07) is 3.73. The first kappa shape index (κ1) is 19.9. The Morgan fingerprint density at radius 1 is 1.37 bits per heavy atom. The first-order valence-electron chi connectivity index (χ1n) is 10.1. The van der Waals surface area contributed by atoms with Gasteiger partial charge in [0.1, 0.15) is 24.3 Å². The summed E-state index contributed by atoms with van der Waals surface area (Å²) in [6.07, 6.45) is 6.88. The summed E-state index contributed by atoms with van der Waals surface area (Å²) in [4.78, 5) is 39.7. The van der Waals surface area contributed by atoms with Crippen LogP contribution in [0.1, 0.15) is 25.7 Å². The first-order valence-corrected chi connectivity index (χ1v) is 10.1. The number of nitrogens with one attached hydrogen (secondary N) is 1. The summed E-state index contributed by atoms with van der Waals surface area (Å²) in [7, 11) is 1.34. The van der Waals surface area contributed by atoms with Crippen LogP contribution >= 0.6 is 0 Å². The van der Waals surface area contributed by atoms with E-state index < -0.39 is 6.09 Å². The fourth-order valence-electron chi connectivity index (χ4n) is 3.91. The van der Waals surface area contributed by atoms with Crippen molar-refractivity contribution in [1.82, 2.24) is 24.8 Å². The molecule has 2 saturated carbocycles. The summed E-state index contributed by atoms with van der Waals surface area (Å²) in [5, 5.41) is 17.1. The van der Waals surface area contributed by atoms with Crippen LogP contribution in [0.5, 0.6) is 0 Å². The Morgan fingerprint density at radius 2 is 2.13 bits per heavy atom. The molecule has 2 N–H and O–H groups in total. The fraction of sp³-hybridized carbons (Fsp3) is 0.550. The lowest BCUT2D eigenvalue weighted by Crippen LogP contribution is -2.57. The molecule has 0 bridgehead atoms. The molecule has 1 aliphatic heterocycles. The highest BCUT2D eigenvalue weighted by molar-refractivity contribution is 5.88. The van der Waals surface area contributed by atoms with Gasteiger partial charge < -0.3 is 19.9 Å². The summed E-state index contributed by atoms with van der Waals surface area (Å²) < 4.78 is 0. The number of nitriles is 1. The van der Waals surface area contributed by atoms with Gasteiger partial charge >= 0.3 is 6.09 Å². The van der Waals surface area contributed by atoms with Gasteiger partial charge in [-0.25, -0.2) is 14.8 Å². The number of hydrogen-bond donors (Lipinski definition) is 2. The maximum atomic E-state index is 12.5. The summed E-state index contributed by atoms with van der Waals surface area (Å²) in [5.74, 6) is 1.71. The third-order valence-electron chi connectivity index (χ3n) is 5.94. The molecule has 0 aromatic carbocycles. The average Bonchev–Trinajstić information content (AvgIpc) is 3.66. The van der Waals surface area contributed by atoms with Crippen LogP contribution in [-0.2, 0) is 4.79 Å². The zero-order chi connectivity index (χ0) is 21.3. The number of H-pyrrole nitrogens is 1. The van der Waals surface area contributed by atoms with Crippen molar-refractivity contribution in [2.45, 2.75) is 31.2 Å². The lowest BCUT2D eigenvalue weighted by molar-refractivity contribution is -0.136. The Bertz CT molecular complexity index is 990. The molecule has 0 unspecified atom stereocenters. The minimum atomic E-state index is -1.08. The second-order valence-corrected chi connectivity index (χ2v) is 8.14. The largest absolute Gasteiger partial charge is 0.465 e. The smallest absolute Gasteiger partial charge is 0.407 e. The highest BCUT2D eigenvalue weighted by Gasteiger charge is 2.55. The van der Waals surface area contributed by atoms with Crippen LogP contribution in [0.25, 0.3) is 11.0 Å². The third kappa shape index (κ3) is 3.87. The number of carbonyl (C=O) groups excluding carboxylic acids is 1. The first-order chi connectivity index (χ1) is 14.4. The van der Waals surface area contributed by atoms with Crippen LogP contribution in [0.2, 0.25) is 0 Å². The van der Waals surface area contributed by atoms with E-state index in [-0.39, 0.29) is 12.1 Å². The Hall–Kier alpha value is -3.35. The summed E-state index contributed by atoms with van der Waals surface area (Å²) in [5.41, 5.74) is 0.956. The molecule has 0 radical (unpaired) electrons. The van der Waals surface area contributed by atoms with Crippen molar-refractivity contribution >= 4 is 28.9 Å². The van der Waals surface area contributed by atoms with E-state index in [9.17, 15) is 9.59 Å². The Labute approximate surface area is 174 Å². The SMILES string of the molecule is CN(CC#N)C(=O)O.O=C(C1CC1)N1CCN(c2ncnc3[nH]ccc23)CC12CC2. The topological polar surface area (TPSA) is 129 Å². The number of hydrogen-bond acceptors (Lipinski definition) is 6. The van der Waals surface area contributed by atoms with Crippen molar-refractivity contribution < 1.29 is 14.7 Å². The van der Waals surface area contributed by atoms with Crippen molar-refractivity contribution in [2.24, 2.45) is 5.92 Å². The van der Waals surface area contributed by atoms with Crippen molar-refractivity contribution in [3.8, 4) is 6.07 Å². The minimum absolute atomic E-state index is 0.0741. The van der Waals surface area contributed by atoms with Crippen molar-refractivity contribution in [3.63, 3.8) is 0 Å². The van der Waals surface area contributed by atoms with Gasteiger partial charge in [0.05, 0.1) is 17.0 Å². The number of piperazine rings is 1. The average molecular weight is 411 g/mol. The van der Waals surface area contributed by atoms with E-state index >= 15 is 0 Å². The molecular formula is C20H25N7O3. The predicted octanol–water partition coefficient (Wildman–Crippen LogP) is 1.67. The van der Waals surface area contributed by atoms with E-state index in [1.165, 1.54) is 7.05 Å². The number of fused-ring (bicyclic) bond motifs is 1. The number of carboxylic acid groups (broad SMARTS) is 1. The van der Waals surface area contributed by atoms with Crippen LogP contribution in [0.3, 0.4) is 0 Å². The van der Waals surface area contributed by atoms with E-state index in [1.807, 2.05) is 12.3 Å². The maximum absolute atomic E-state index is 12.5. The van der Waals surface area contributed by atoms with Crippen LogP contribution in [0.4, 0.5) is 10.6 Å². The van der Waals surface area contributed by atoms with Crippen molar-refractivity contribution in [2.75, 3.05) is 38.1 Å². The molecule has 0 atom stereocenters. The summed E-state index contributed by atoms with van der Waals surface area (Å²) in [6.45, 7) is 2.51. The predicted molar refractivity (Wildman–Crippen MR) is 109 cm³/mol. The maximum Gasteiger partial charge on any atom is 0.407 e. The van der Waals surface area contributed by atoms with E-state index in [0.29, 0.717) is 11.8 Å². The van der Waals surface area contributed by atoms with E-state index in [1.54, 1.807) is 12.4 Å². The zero-order valence-corrected chi connectivity index (χ0v) is 16.9. The second kappa shape index (κ2) is 7.82. The van der Waals surface area contributed by atoms with Gasteiger partial charge in [0.15, 0.2) is 0 Å². The molecule has 30 heavy (non-hydrogen) atoms. The van der Waals surface area contributed by atoms with Gasteiger partial charge in [-0.15, -0.1) is 0 Å². The van der Waals surface area contributed by atoms with Gasteiger partial charge in [-0.3, -0.25) is 9.69 Å². The highest BCUT2D eigenvalue weighted by atomic mass is 16.4. The fourth-order valence-corrected chi connectivity index (χ4v) is 3.91.